The lowest BCUT2D eigenvalue weighted by Crippen LogP contribution is -2.59. The number of oxime groups is 1. The maximum absolute atomic E-state index is 14.9. The lowest BCUT2D eigenvalue weighted by molar-refractivity contribution is -0.143. The average molecular weight is 764 g/mol. The van der Waals surface area contributed by atoms with E-state index in [2.05, 4.69) is 45.4 Å². The molecule has 12 nitrogen and oxygen atoms in total. The Kier molecular flexibility index (Phi) is 11.2. The van der Waals surface area contributed by atoms with Crippen molar-refractivity contribution in [3.8, 4) is 11.1 Å². The lowest BCUT2D eigenvalue weighted by atomic mass is 9.85. The quantitative estimate of drug-likeness (QED) is 0.203. The molecule has 56 heavy (non-hydrogen) atoms. The van der Waals surface area contributed by atoms with E-state index in [9.17, 15) is 19.2 Å². The first-order valence-electron chi connectivity index (χ1n) is 19.8. The first kappa shape index (κ1) is 39.0. The Morgan fingerprint density at radius 2 is 1.57 bits per heavy atom. The molecule has 3 N–H and O–H groups in total. The first-order chi connectivity index (χ1) is 26.9. The van der Waals surface area contributed by atoms with Gasteiger partial charge >= 0.3 is 6.09 Å². The van der Waals surface area contributed by atoms with Crippen LogP contribution >= 0.6 is 0 Å². The van der Waals surface area contributed by atoms with E-state index in [4.69, 9.17) is 14.3 Å². The second-order valence-electron chi connectivity index (χ2n) is 16.7. The third-order valence-corrected chi connectivity index (χ3v) is 11.4. The van der Waals surface area contributed by atoms with Crippen molar-refractivity contribution in [3.63, 3.8) is 0 Å². The van der Waals surface area contributed by atoms with E-state index in [0.717, 1.165) is 46.4 Å². The van der Waals surface area contributed by atoms with Gasteiger partial charge in [0.2, 0.25) is 11.8 Å². The topological polar surface area (TPSA) is 148 Å². The van der Waals surface area contributed by atoms with E-state index < -0.39 is 53.2 Å². The summed E-state index contributed by atoms with van der Waals surface area (Å²) in [6.07, 6.45) is 1.92. The number of carbonyl (C=O) groups is 4. The van der Waals surface area contributed by atoms with E-state index in [-0.39, 0.29) is 37.4 Å². The summed E-state index contributed by atoms with van der Waals surface area (Å²) in [7, 11) is 1.46. The minimum absolute atomic E-state index is 0.0665. The normalized spacial score (nSPS) is 21.6. The van der Waals surface area contributed by atoms with Crippen LogP contribution in [0.5, 0.6) is 0 Å². The fourth-order valence-electron chi connectivity index (χ4n) is 8.34. The van der Waals surface area contributed by atoms with Crippen LogP contribution < -0.4 is 16.0 Å². The minimum Gasteiger partial charge on any atom is -0.449 e. The number of nitrogens with one attached hydrogen (secondary N) is 3. The summed E-state index contributed by atoms with van der Waals surface area (Å²) in [4.78, 5) is 63.8. The van der Waals surface area contributed by atoms with Gasteiger partial charge in [-0.3, -0.25) is 14.4 Å². The summed E-state index contributed by atoms with van der Waals surface area (Å²) in [6.45, 7) is 7.72. The van der Waals surface area contributed by atoms with E-state index in [1.54, 1.807) is 0 Å². The molecule has 0 bridgehead atoms. The molecule has 1 saturated carbocycles. The van der Waals surface area contributed by atoms with Gasteiger partial charge in [-0.1, -0.05) is 118 Å². The van der Waals surface area contributed by atoms with Crippen molar-refractivity contribution in [2.75, 3.05) is 20.3 Å². The van der Waals surface area contributed by atoms with Gasteiger partial charge in [-0.15, -0.1) is 0 Å². The van der Waals surface area contributed by atoms with E-state index in [1.165, 1.54) is 12.0 Å². The van der Waals surface area contributed by atoms with Gasteiger partial charge < -0.3 is 35.2 Å². The second kappa shape index (κ2) is 16.1. The Bertz CT molecular complexity index is 1930. The van der Waals surface area contributed by atoms with Crippen LogP contribution in [0.25, 0.3) is 11.1 Å². The highest BCUT2D eigenvalue weighted by Gasteiger charge is 2.56. The maximum atomic E-state index is 14.9. The number of amides is 4. The van der Waals surface area contributed by atoms with E-state index >= 15 is 0 Å². The second-order valence-corrected chi connectivity index (χ2v) is 16.7. The van der Waals surface area contributed by atoms with Crippen LogP contribution in [0.4, 0.5) is 4.79 Å². The summed E-state index contributed by atoms with van der Waals surface area (Å²) < 4.78 is 11.5. The predicted octanol–water partition coefficient (Wildman–Crippen LogP) is 5.68. The highest BCUT2D eigenvalue weighted by Crippen LogP contribution is 2.45. The number of hydrogen-bond acceptors (Lipinski definition) is 8. The van der Waals surface area contributed by atoms with Gasteiger partial charge in [0.15, 0.2) is 11.7 Å². The zero-order chi connectivity index (χ0) is 39.6. The van der Waals surface area contributed by atoms with Crippen LogP contribution in [0, 0.1) is 5.41 Å². The molecule has 4 aliphatic rings. The smallest absolute Gasteiger partial charge is 0.407 e. The number of rotatable bonds is 13. The lowest BCUT2D eigenvalue weighted by Gasteiger charge is -2.35. The average Bonchev–Trinajstić information content (AvgIpc) is 3.64. The zero-order valence-corrected chi connectivity index (χ0v) is 32.9. The van der Waals surface area contributed by atoms with Crippen LogP contribution in [0.3, 0.4) is 0 Å². The number of fused-ring (bicyclic) bond motifs is 3. The van der Waals surface area contributed by atoms with Gasteiger partial charge in [0.25, 0.3) is 5.91 Å². The summed E-state index contributed by atoms with van der Waals surface area (Å²) in [5, 5.41) is 13.4. The molecule has 2 heterocycles. The summed E-state index contributed by atoms with van der Waals surface area (Å²) in [5.74, 6) is -1.30. The van der Waals surface area contributed by atoms with E-state index in [1.807, 2.05) is 82.3 Å². The molecule has 2 aliphatic carbocycles. The SMILES string of the molecule is CCC[C@H](NC(=O)[C@@H]1C[C@]2(CC(c3ccccc3)=NO2)CN1C(=O)[C@@H](NC(=O)OCC1c2ccccc2-c2ccccc21)C(C)(C)C)C(OC)C(=O)NC1CC1. The van der Waals surface area contributed by atoms with Gasteiger partial charge in [0.1, 0.15) is 18.7 Å². The molecule has 3 aromatic rings. The molecule has 4 amide bonds. The molecule has 0 radical (unpaired) electrons. The van der Waals surface area contributed by atoms with Crippen molar-refractivity contribution in [2.24, 2.45) is 10.6 Å². The molecule has 3 aromatic carbocycles. The zero-order valence-electron chi connectivity index (χ0n) is 32.9. The van der Waals surface area contributed by atoms with E-state index in [0.29, 0.717) is 19.3 Å². The molecule has 5 atom stereocenters. The molecule has 2 fully saturated rings. The highest BCUT2D eigenvalue weighted by atomic mass is 16.7. The molecule has 1 spiro atoms. The van der Waals surface area contributed by atoms with Crippen molar-refractivity contribution in [3.05, 3.63) is 95.6 Å². The van der Waals surface area contributed by atoms with Gasteiger partial charge in [0.05, 0.1) is 18.3 Å². The molecular formula is C44H53N5O7. The third kappa shape index (κ3) is 8.16. The van der Waals surface area contributed by atoms with Gasteiger partial charge in [-0.05, 0) is 52.5 Å². The largest absolute Gasteiger partial charge is 0.449 e. The number of alkyl carbamates (subject to hydrolysis) is 1. The minimum atomic E-state index is -1.05. The van der Waals surface area contributed by atoms with Crippen molar-refractivity contribution in [1.29, 1.82) is 0 Å². The number of nitrogens with zero attached hydrogens (tertiary/aromatic N) is 2. The van der Waals surface area contributed by atoms with Crippen molar-refractivity contribution >= 4 is 29.5 Å². The van der Waals surface area contributed by atoms with Crippen LogP contribution in [0.1, 0.15) is 88.8 Å². The Morgan fingerprint density at radius 3 is 2.18 bits per heavy atom. The molecule has 0 aromatic heterocycles. The number of carbonyl (C=O) groups excluding carboxylic acids is 4. The number of ether oxygens (including phenoxy) is 2. The number of benzene rings is 3. The molecule has 1 unspecified atom stereocenters. The highest BCUT2D eigenvalue weighted by molar-refractivity contribution is 6.02. The number of likely N-dealkylation sites (tertiary alicyclic amines) is 1. The van der Waals surface area contributed by atoms with Crippen molar-refractivity contribution in [2.45, 2.75) is 108 Å². The first-order valence-corrected chi connectivity index (χ1v) is 19.8. The van der Waals surface area contributed by atoms with Crippen molar-refractivity contribution in [1.82, 2.24) is 20.9 Å². The fraction of sp³-hybridized carbons (Fsp3) is 0.477. The molecule has 296 valence electrons. The van der Waals surface area contributed by atoms with Crippen LogP contribution in [0.15, 0.2) is 84.0 Å². The Labute approximate surface area is 328 Å². The molecule has 12 heteroatoms. The molecule has 2 aliphatic heterocycles. The molecule has 1 saturated heterocycles. The summed E-state index contributed by atoms with van der Waals surface area (Å²) in [6, 6.07) is 23.3. The van der Waals surface area contributed by atoms with Crippen LogP contribution in [0.2, 0.25) is 0 Å². The van der Waals surface area contributed by atoms with Gasteiger partial charge in [-0.2, -0.15) is 0 Å². The Morgan fingerprint density at radius 1 is 0.929 bits per heavy atom. The molecule has 7 rings (SSSR count). The Balaban J connectivity index is 1.11. The molecular weight excluding hydrogens is 711 g/mol. The van der Waals surface area contributed by atoms with Crippen molar-refractivity contribution < 1.29 is 33.5 Å². The standard InChI is InChI=1S/C44H53N5O7/c1-6-14-34(37(54-5)40(51)45-28-21-22-28)46-39(50)36-24-44(23-35(48-56-44)27-15-8-7-9-16-27)26-49(36)41(52)38(43(2,3)4)47-42(53)55-25-33-31-19-12-10-17-29(31)30-18-11-13-20-32(30)33/h7-13,15-20,28,33-34,36-38H,6,14,21-26H2,1-5H3,(H,45,51)(H,46,50)(H,47,53)/t34-,36-,37?,38+,44+/m0/s1. The summed E-state index contributed by atoms with van der Waals surface area (Å²) in [5.41, 5.74) is 4.27. The maximum Gasteiger partial charge on any atom is 0.407 e. The van der Waals surface area contributed by atoms with Crippen LogP contribution in [-0.2, 0) is 28.7 Å². The monoisotopic (exact) mass is 763 g/mol. The predicted molar refractivity (Wildman–Crippen MR) is 212 cm³/mol. The third-order valence-electron chi connectivity index (χ3n) is 11.4. The summed E-state index contributed by atoms with van der Waals surface area (Å²) >= 11 is 0. The number of methoxy groups -OCH3 is 1. The van der Waals surface area contributed by atoms with Gasteiger partial charge in [0, 0.05) is 31.9 Å². The van der Waals surface area contributed by atoms with Gasteiger partial charge in [-0.25, -0.2) is 4.79 Å². The number of hydrogen-bond donors (Lipinski definition) is 3. The van der Waals surface area contributed by atoms with Crippen LogP contribution in [-0.4, -0.2) is 90.6 Å². The fourth-order valence-corrected chi connectivity index (χ4v) is 8.34. The Hall–Kier alpha value is -5.23.